The van der Waals surface area contributed by atoms with E-state index in [0.29, 0.717) is 34.6 Å². The lowest BCUT2D eigenvalue weighted by Crippen LogP contribution is -2.48. The van der Waals surface area contributed by atoms with Crippen LogP contribution in [0.25, 0.3) is 21.7 Å². The van der Waals surface area contributed by atoms with Crippen molar-refractivity contribution in [3.05, 3.63) is 76.6 Å². The van der Waals surface area contributed by atoms with Crippen LogP contribution in [0.5, 0.6) is 11.5 Å². The van der Waals surface area contributed by atoms with Crippen LogP contribution in [-0.2, 0) is 6.54 Å². The molecule has 1 fully saturated rings. The van der Waals surface area contributed by atoms with Crippen LogP contribution in [0.4, 0.5) is 11.4 Å². The zero-order valence-corrected chi connectivity index (χ0v) is 21.0. The van der Waals surface area contributed by atoms with Crippen molar-refractivity contribution < 1.29 is 9.84 Å². The molecule has 186 valence electrons. The standard InChI is InChI=1S/C29H32N4O3/c1-19(2)32-10-12-33(13-11-32)23-15-26-27(31-18-23)9-6-20-4-7-22(14-25(20)29(26)35)30-17-21-5-8-24(34)16-28(21)36-3/h4-9,14-16,18-19,30,34H,10-13,17H2,1-3H3. The fraction of sp³-hybridized carbons (Fsp3) is 0.310. The van der Waals surface area contributed by atoms with Gasteiger partial charge >= 0.3 is 0 Å². The predicted molar refractivity (Wildman–Crippen MR) is 146 cm³/mol. The molecule has 1 aromatic heterocycles. The maximum Gasteiger partial charge on any atom is 0.195 e. The van der Waals surface area contributed by atoms with Gasteiger partial charge in [-0.2, -0.15) is 0 Å². The van der Waals surface area contributed by atoms with Crippen molar-refractivity contribution in [1.29, 1.82) is 0 Å². The fourth-order valence-electron chi connectivity index (χ4n) is 4.85. The number of phenols is 1. The summed E-state index contributed by atoms with van der Waals surface area (Å²) in [6, 6.07) is 17.3. The first kappa shape index (κ1) is 23.9. The van der Waals surface area contributed by atoms with Crippen LogP contribution in [0.15, 0.2) is 65.6 Å². The molecule has 1 saturated heterocycles. The van der Waals surface area contributed by atoms with E-state index in [4.69, 9.17) is 4.74 Å². The molecule has 0 unspecified atom stereocenters. The summed E-state index contributed by atoms with van der Waals surface area (Å²) in [5.74, 6) is 0.768. The third kappa shape index (κ3) is 4.79. The highest BCUT2D eigenvalue weighted by atomic mass is 16.5. The lowest BCUT2D eigenvalue weighted by atomic mass is 10.1. The summed E-state index contributed by atoms with van der Waals surface area (Å²) in [5, 5.41) is 15.2. The predicted octanol–water partition coefficient (Wildman–Crippen LogP) is 4.60. The van der Waals surface area contributed by atoms with E-state index in [1.807, 2.05) is 48.7 Å². The van der Waals surface area contributed by atoms with Gasteiger partial charge in [-0.05, 0) is 55.6 Å². The van der Waals surface area contributed by atoms with Crippen molar-refractivity contribution in [2.45, 2.75) is 26.4 Å². The molecule has 0 saturated carbocycles. The van der Waals surface area contributed by atoms with Crippen molar-refractivity contribution in [1.82, 2.24) is 9.88 Å². The Morgan fingerprint density at radius 2 is 1.78 bits per heavy atom. The fourth-order valence-corrected chi connectivity index (χ4v) is 4.85. The average Bonchev–Trinajstić information content (AvgIpc) is 3.04. The summed E-state index contributed by atoms with van der Waals surface area (Å²) >= 11 is 0. The number of benzene rings is 2. The molecule has 2 heterocycles. The lowest BCUT2D eigenvalue weighted by Gasteiger charge is -2.38. The molecule has 36 heavy (non-hydrogen) atoms. The number of piperazine rings is 1. The molecule has 0 atom stereocenters. The van der Waals surface area contributed by atoms with E-state index >= 15 is 0 Å². The van der Waals surface area contributed by atoms with Crippen molar-refractivity contribution >= 4 is 33.1 Å². The highest BCUT2D eigenvalue weighted by Crippen LogP contribution is 2.26. The van der Waals surface area contributed by atoms with E-state index in [1.165, 1.54) is 0 Å². The summed E-state index contributed by atoms with van der Waals surface area (Å²) in [6.07, 6.45) is 1.88. The van der Waals surface area contributed by atoms with Gasteiger partial charge in [0.1, 0.15) is 11.5 Å². The first-order valence-corrected chi connectivity index (χ1v) is 12.4. The second-order valence-electron chi connectivity index (χ2n) is 9.56. The van der Waals surface area contributed by atoms with E-state index < -0.39 is 0 Å². The van der Waals surface area contributed by atoms with Gasteiger partial charge in [-0.3, -0.25) is 14.7 Å². The van der Waals surface area contributed by atoms with Gasteiger partial charge in [0.05, 0.1) is 29.9 Å². The zero-order chi connectivity index (χ0) is 25.2. The van der Waals surface area contributed by atoms with Crippen LogP contribution in [0.1, 0.15) is 19.4 Å². The van der Waals surface area contributed by atoms with E-state index in [9.17, 15) is 9.90 Å². The monoisotopic (exact) mass is 484 g/mol. The topological polar surface area (TPSA) is 77.9 Å². The maximum atomic E-state index is 13.7. The molecule has 7 heteroatoms. The number of fused-ring (bicyclic) bond motifs is 2. The molecule has 1 aliphatic rings. The number of nitrogens with one attached hydrogen (secondary N) is 1. The number of methoxy groups -OCH3 is 1. The van der Waals surface area contributed by atoms with E-state index in [-0.39, 0.29) is 11.2 Å². The smallest absolute Gasteiger partial charge is 0.195 e. The van der Waals surface area contributed by atoms with Crippen LogP contribution in [0.3, 0.4) is 0 Å². The minimum Gasteiger partial charge on any atom is -0.508 e. The number of anilines is 2. The Bertz CT molecular complexity index is 1460. The Hall–Kier alpha value is -3.84. The second-order valence-corrected chi connectivity index (χ2v) is 9.56. The molecule has 0 amide bonds. The van der Waals surface area contributed by atoms with E-state index in [2.05, 4.69) is 33.9 Å². The summed E-state index contributed by atoms with van der Waals surface area (Å²) in [4.78, 5) is 23.1. The Kier molecular flexibility index (Phi) is 6.65. The van der Waals surface area contributed by atoms with Crippen molar-refractivity contribution in [2.24, 2.45) is 0 Å². The third-order valence-corrected chi connectivity index (χ3v) is 7.03. The Labute approximate surface area is 210 Å². The molecule has 0 radical (unpaired) electrons. The number of hydrogen-bond acceptors (Lipinski definition) is 7. The van der Waals surface area contributed by atoms with Crippen molar-refractivity contribution in [3.63, 3.8) is 0 Å². The molecule has 2 N–H and O–H groups in total. The highest BCUT2D eigenvalue weighted by molar-refractivity contribution is 5.94. The van der Waals surface area contributed by atoms with Gasteiger partial charge in [0, 0.05) is 61.5 Å². The summed E-state index contributed by atoms with van der Waals surface area (Å²) < 4.78 is 5.38. The van der Waals surface area contributed by atoms with Crippen LogP contribution < -0.4 is 20.4 Å². The van der Waals surface area contributed by atoms with Gasteiger partial charge < -0.3 is 20.1 Å². The number of pyridine rings is 1. The van der Waals surface area contributed by atoms with Gasteiger partial charge in [-0.1, -0.05) is 12.1 Å². The number of nitrogens with zero attached hydrogens (tertiary/aromatic N) is 3. The molecule has 1 aliphatic heterocycles. The molecule has 0 aliphatic carbocycles. The highest BCUT2D eigenvalue weighted by Gasteiger charge is 2.19. The first-order valence-electron chi connectivity index (χ1n) is 12.4. The van der Waals surface area contributed by atoms with Gasteiger partial charge in [-0.15, -0.1) is 0 Å². The van der Waals surface area contributed by atoms with Crippen molar-refractivity contribution in [3.8, 4) is 11.5 Å². The number of phenolic OH excluding ortho intramolecular Hbond substituents is 1. The molecule has 0 spiro atoms. The first-order chi connectivity index (χ1) is 17.4. The Morgan fingerprint density at radius 1 is 1.00 bits per heavy atom. The number of ether oxygens (including phenoxy) is 1. The minimum absolute atomic E-state index is 0.0222. The van der Waals surface area contributed by atoms with E-state index in [1.54, 1.807) is 19.2 Å². The van der Waals surface area contributed by atoms with Gasteiger partial charge in [0.2, 0.25) is 0 Å². The van der Waals surface area contributed by atoms with Crippen LogP contribution in [0.2, 0.25) is 0 Å². The lowest BCUT2D eigenvalue weighted by molar-refractivity contribution is 0.209. The molecule has 5 rings (SSSR count). The summed E-state index contributed by atoms with van der Waals surface area (Å²) in [7, 11) is 1.58. The summed E-state index contributed by atoms with van der Waals surface area (Å²) in [6.45, 7) is 8.82. The van der Waals surface area contributed by atoms with Gasteiger partial charge in [0.15, 0.2) is 5.43 Å². The molecular formula is C29H32N4O3. The normalized spacial score (nSPS) is 14.5. The largest absolute Gasteiger partial charge is 0.508 e. The number of hydrogen-bond donors (Lipinski definition) is 2. The number of aromatic nitrogens is 1. The zero-order valence-electron chi connectivity index (χ0n) is 21.0. The quantitative estimate of drug-likeness (QED) is 0.414. The SMILES string of the molecule is COc1cc(O)ccc1CNc1ccc2ccc3ncc(N4CCN(C(C)C)CC4)cc3c(=O)c2c1. The Morgan fingerprint density at radius 3 is 2.53 bits per heavy atom. The van der Waals surface area contributed by atoms with Crippen LogP contribution in [0, 0.1) is 0 Å². The van der Waals surface area contributed by atoms with Crippen LogP contribution >= 0.6 is 0 Å². The van der Waals surface area contributed by atoms with Crippen molar-refractivity contribution in [2.75, 3.05) is 43.5 Å². The molecule has 7 nitrogen and oxygen atoms in total. The molecule has 4 aromatic rings. The van der Waals surface area contributed by atoms with Crippen LogP contribution in [-0.4, -0.2) is 54.3 Å². The Balaban J connectivity index is 1.46. The van der Waals surface area contributed by atoms with Gasteiger partial charge in [-0.25, -0.2) is 0 Å². The number of rotatable bonds is 6. The maximum absolute atomic E-state index is 13.7. The second kappa shape index (κ2) is 10.0. The van der Waals surface area contributed by atoms with E-state index in [0.717, 1.165) is 48.5 Å². The molecule has 0 bridgehead atoms. The summed E-state index contributed by atoms with van der Waals surface area (Å²) in [5.41, 5.74) is 3.42. The average molecular weight is 485 g/mol. The molecular weight excluding hydrogens is 452 g/mol. The minimum atomic E-state index is -0.0222. The molecule has 3 aromatic carbocycles. The third-order valence-electron chi connectivity index (χ3n) is 7.03. The number of aromatic hydroxyl groups is 1. The van der Waals surface area contributed by atoms with Gasteiger partial charge in [0.25, 0.3) is 0 Å².